The van der Waals surface area contributed by atoms with Crippen molar-refractivity contribution in [2.75, 3.05) is 6.66 Å². The topological polar surface area (TPSA) is 0 Å². The second-order valence-electron chi connectivity index (χ2n) is 6.57. The molecule has 1 fully saturated rings. The Hall–Kier alpha value is 0.780. The molecule has 1 saturated heterocycles. The van der Waals surface area contributed by atoms with Gasteiger partial charge in [0.1, 0.15) is 0 Å². The van der Waals surface area contributed by atoms with Crippen LogP contribution < -0.4 is 0 Å². The monoisotopic (exact) mass is 288 g/mol. The zero-order valence-corrected chi connectivity index (χ0v) is 15.2. The summed E-state index contributed by atoms with van der Waals surface area (Å²) in [7, 11) is 1.08. The molecule has 0 amide bonds. The van der Waals surface area contributed by atoms with E-state index in [-0.39, 0.29) is 0 Å². The molecule has 0 radical (unpaired) electrons. The highest BCUT2D eigenvalue weighted by Crippen LogP contribution is 2.53. The maximum Gasteiger partial charge on any atom is 0.0166 e. The van der Waals surface area contributed by atoms with Crippen LogP contribution in [0.1, 0.15) is 60.8 Å². The van der Waals surface area contributed by atoms with Crippen LogP contribution in [0.4, 0.5) is 0 Å². The van der Waals surface area contributed by atoms with Crippen LogP contribution in [0.3, 0.4) is 0 Å². The van der Waals surface area contributed by atoms with Crippen molar-refractivity contribution in [1.29, 1.82) is 0 Å². The lowest BCUT2D eigenvalue weighted by molar-refractivity contribution is 0.341. The van der Waals surface area contributed by atoms with Gasteiger partial charge in [0.05, 0.1) is 0 Å². The molecule has 7 unspecified atom stereocenters. The molecular weight excluding hydrogens is 255 g/mol. The van der Waals surface area contributed by atoms with Crippen LogP contribution in [0, 0.1) is 17.8 Å². The highest BCUT2D eigenvalue weighted by molar-refractivity contribution is 8.01. The van der Waals surface area contributed by atoms with Gasteiger partial charge in [0, 0.05) is 10.5 Å². The third kappa shape index (κ3) is 3.45. The molecule has 0 aromatic heterocycles. The van der Waals surface area contributed by atoms with Gasteiger partial charge in [0.25, 0.3) is 0 Å². The van der Waals surface area contributed by atoms with E-state index in [0.29, 0.717) is 5.16 Å². The van der Waals surface area contributed by atoms with Crippen LogP contribution in [0.25, 0.3) is 0 Å². The predicted octanol–water partition coefficient (Wildman–Crippen LogP) is 5.66. The van der Waals surface area contributed by atoms with Gasteiger partial charge in [-0.05, 0) is 42.4 Å². The highest BCUT2D eigenvalue weighted by Gasteiger charge is 2.44. The Morgan fingerprint density at radius 3 is 2.39 bits per heavy atom. The lowest BCUT2D eigenvalue weighted by atomic mass is 9.84. The molecule has 0 aromatic carbocycles. The molecule has 0 aliphatic carbocycles. The molecule has 1 heterocycles. The summed E-state index contributed by atoms with van der Waals surface area (Å²) in [6.07, 6.45) is 4.12. The molecule has 0 bridgehead atoms. The van der Waals surface area contributed by atoms with E-state index in [9.17, 15) is 0 Å². The summed E-state index contributed by atoms with van der Waals surface area (Å²) in [4.78, 5) is 0. The van der Waals surface area contributed by atoms with Crippen LogP contribution in [0.5, 0.6) is 0 Å². The minimum absolute atomic E-state index is 0.577. The van der Waals surface area contributed by atoms with Crippen LogP contribution in [-0.4, -0.2) is 22.3 Å². The molecule has 0 aromatic rings. The van der Waals surface area contributed by atoms with Crippen molar-refractivity contribution >= 4 is 20.3 Å². The second-order valence-corrected chi connectivity index (χ2v) is 9.60. The van der Waals surface area contributed by atoms with Crippen molar-refractivity contribution in [3.8, 4) is 0 Å². The van der Waals surface area contributed by atoms with Crippen molar-refractivity contribution < 1.29 is 0 Å². The van der Waals surface area contributed by atoms with E-state index in [4.69, 9.17) is 0 Å². The Morgan fingerprint density at radius 2 is 1.94 bits per heavy atom. The van der Waals surface area contributed by atoms with Crippen molar-refractivity contribution in [2.24, 2.45) is 17.8 Å². The van der Waals surface area contributed by atoms with Gasteiger partial charge < -0.3 is 0 Å². The van der Waals surface area contributed by atoms with Gasteiger partial charge in [-0.15, -0.1) is 8.58 Å². The summed E-state index contributed by atoms with van der Waals surface area (Å²) < 4.78 is 0. The molecule has 1 rings (SSSR count). The lowest BCUT2D eigenvalue weighted by Gasteiger charge is -2.36. The fraction of sp³-hybridized carbons (Fsp3) is 1.00. The molecule has 0 saturated carbocycles. The van der Waals surface area contributed by atoms with Crippen molar-refractivity contribution in [3.05, 3.63) is 0 Å². The van der Waals surface area contributed by atoms with Gasteiger partial charge in [-0.1, -0.05) is 48.0 Å². The Kier molecular flexibility index (Phi) is 6.53. The Balaban J connectivity index is 2.72. The van der Waals surface area contributed by atoms with E-state index >= 15 is 0 Å². The lowest BCUT2D eigenvalue weighted by Crippen LogP contribution is -2.34. The SMILES string of the molecule is CCC(C)C(C)C1CC(C)C(C(C)(CC)PC)S1. The number of rotatable bonds is 6. The summed E-state index contributed by atoms with van der Waals surface area (Å²) in [5.74, 6) is 2.67. The van der Waals surface area contributed by atoms with Crippen LogP contribution in [0.2, 0.25) is 0 Å². The third-order valence-corrected chi connectivity index (χ3v) is 9.77. The third-order valence-electron chi connectivity index (χ3n) is 5.50. The minimum Gasteiger partial charge on any atom is -0.154 e. The first-order valence-corrected chi connectivity index (χ1v) is 10.2. The number of hydrogen-bond donors (Lipinski definition) is 0. The fourth-order valence-electron chi connectivity index (χ4n) is 3.24. The van der Waals surface area contributed by atoms with Crippen LogP contribution >= 0.6 is 20.3 Å². The standard InChI is InChI=1S/C16H33PS/c1-8-11(3)13(5)14-10-12(4)15(18-14)16(6,9-2)17-7/h11-15,17H,8-10H2,1-7H3. The summed E-state index contributed by atoms with van der Waals surface area (Å²) in [6, 6.07) is 0. The largest absolute Gasteiger partial charge is 0.154 e. The minimum atomic E-state index is 0.577. The van der Waals surface area contributed by atoms with Gasteiger partial charge in [-0.3, -0.25) is 0 Å². The summed E-state index contributed by atoms with van der Waals surface area (Å²) in [6.45, 7) is 17.1. The molecule has 108 valence electrons. The Bertz CT molecular complexity index is 249. The van der Waals surface area contributed by atoms with Gasteiger partial charge >= 0.3 is 0 Å². The first-order valence-electron chi connectivity index (χ1n) is 7.73. The Morgan fingerprint density at radius 1 is 1.33 bits per heavy atom. The van der Waals surface area contributed by atoms with Gasteiger partial charge in [0.2, 0.25) is 0 Å². The first kappa shape index (κ1) is 16.8. The average molecular weight is 288 g/mol. The number of thioether (sulfide) groups is 1. The molecule has 18 heavy (non-hydrogen) atoms. The van der Waals surface area contributed by atoms with E-state index in [1.165, 1.54) is 19.3 Å². The maximum absolute atomic E-state index is 2.52. The van der Waals surface area contributed by atoms with E-state index in [2.05, 4.69) is 60.0 Å². The van der Waals surface area contributed by atoms with E-state index in [0.717, 1.165) is 36.8 Å². The van der Waals surface area contributed by atoms with Crippen molar-refractivity contribution in [2.45, 2.75) is 76.5 Å². The molecule has 2 heteroatoms. The van der Waals surface area contributed by atoms with Crippen LogP contribution in [0.15, 0.2) is 0 Å². The number of hydrogen-bond acceptors (Lipinski definition) is 1. The molecule has 1 aliphatic rings. The van der Waals surface area contributed by atoms with Crippen LogP contribution in [-0.2, 0) is 0 Å². The molecule has 0 nitrogen and oxygen atoms in total. The molecule has 7 atom stereocenters. The maximum atomic E-state index is 2.52. The Labute approximate surface area is 121 Å². The quantitative estimate of drug-likeness (QED) is 0.569. The fourth-order valence-corrected chi connectivity index (χ4v) is 6.88. The predicted molar refractivity (Wildman–Crippen MR) is 90.5 cm³/mol. The first-order chi connectivity index (χ1) is 8.39. The van der Waals surface area contributed by atoms with Gasteiger partial charge in [0.15, 0.2) is 0 Å². The van der Waals surface area contributed by atoms with Gasteiger partial charge in [-0.2, -0.15) is 11.8 Å². The molecule has 0 N–H and O–H groups in total. The van der Waals surface area contributed by atoms with E-state index < -0.39 is 0 Å². The summed E-state index contributed by atoms with van der Waals surface area (Å²) in [5.41, 5.74) is 0. The van der Waals surface area contributed by atoms with E-state index in [1.54, 1.807) is 0 Å². The summed E-state index contributed by atoms with van der Waals surface area (Å²) in [5, 5.41) is 2.37. The molecule has 0 spiro atoms. The zero-order chi connectivity index (χ0) is 13.9. The van der Waals surface area contributed by atoms with E-state index in [1.807, 2.05) is 0 Å². The average Bonchev–Trinajstić information content (AvgIpc) is 2.78. The smallest absolute Gasteiger partial charge is 0.0166 e. The van der Waals surface area contributed by atoms with Crippen molar-refractivity contribution in [1.82, 2.24) is 0 Å². The molecular formula is C16H33PS. The molecule has 1 aliphatic heterocycles. The van der Waals surface area contributed by atoms with Crippen molar-refractivity contribution in [3.63, 3.8) is 0 Å². The summed E-state index contributed by atoms with van der Waals surface area (Å²) >= 11 is 2.33. The highest BCUT2D eigenvalue weighted by atomic mass is 32.2. The second kappa shape index (κ2) is 6.98. The zero-order valence-electron chi connectivity index (χ0n) is 13.4. The normalized spacial score (nSPS) is 35.8. The van der Waals surface area contributed by atoms with Gasteiger partial charge in [-0.25, -0.2) is 0 Å².